The van der Waals surface area contributed by atoms with E-state index in [1.807, 2.05) is 13.8 Å². The molecule has 3 heterocycles. The lowest BCUT2D eigenvalue weighted by Gasteiger charge is -2.32. The van der Waals surface area contributed by atoms with Gasteiger partial charge in [0.05, 0.1) is 6.20 Å². The molecule has 2 aliphatic heterocycles. The summed E-state index contributed by atoms with van der Waals surface area (Å²) in [7, 11) is 0. The summed E-state index contributed by atoms with van der Waals surface area (Å²) in [5.74, 6) is -0.286. The molecular weight excluding hydrogens is 336 g/mol. The molecule has 0 radical (unpaired) electrons. The summed E-state index contributed by atoms with van der Waals surface area (Å²) in [6, 6.07) is -0.158. The van der Waals surface area contributed by atoms with Crippen molar-refractivity contribution >= 4 is 17.8 Å². The van der Waals surface area contributed by atoms with Crippen molar-refractivity contribution in [2.24, 2.45) is 5.41 Å². The third-order valence-corrected chi connectivity index (χ3v) is 4.66. The van der Waals surface area contributed by atoms with Gasteiger partial charge in [-0.05, 0) is 13.8 Å². The van der Waals surface area contributed by atoms with Crippen LogP contribution in [0.2, 0.25) is 0 Å². The van der Waals surface area contributed by atoms with Crippen LogP contribution in [0.15, 0.2) is 18.6 Å². The van der Waals surface area contributed by atoms with E-state index in [4.69, 9.17) is 0 Å². The number of hydrogen-bond acceptors (Lipinski definition) is 5. The van der Waals surface area contributed by atoms with E-state index in [9.17, 15) is 14.4 Å². The lowest BCUT2D eigenvalue weighted by molar-refractivity contribution is -0.119. The molecule has 0 saturated carbocycles. The van der Waals surface area contributed by atoms with Gasteiger partial charge in [0.1, 0.15) is 5.69 Å². The Balaban J connectivity index is 1.82. The Morgan fingerprint density at radius 1 is 1.23 bits per heavy atom. The minimum absolute atomic E-state index is 0.0161. The second kappa shape index (κ2) is 7.27. The zero-order valence-electron chi connectivity index (χ0n) is 15.1. The number of urea groups is 1. The molecule has 1 spiro atoms. The van der Waals surface area contributed by atoms with Crippen molar-refractivity contribution in [2.45, 2.75) is 26.3 Å². The van der Waals surface area contributed by atoms with Crippen LogP contribution in [-0.4, -0.2) is 76.4 Å². The number of nitrogens with zero attached hydrogens (tertiary/aromatic N) is 4. The number of amides is 4. The normalized spacial score (nSPS) is 23.1. The molecule has 0 unspecified atom stereocenters. The van der Waals surface area contributed by atoms with Crippen LogP contribution in [0.25, 0.3) is 0 Å². The second-order valence-electron chi connectivity index (χ2n) is 7.30. The average Bonchev–Trinajstić information content (AvgIpc) is 2.86. The van der Waals surface area contributed by atoms with Gasteiger partial charge >= 0.3 is 6.03 Å². The Hall–Kier alpha value is -2.71. The first-order chi connectivity index (χ1) is 12.4. The third-order valence-electron chi connectivity index (χ3n) is 4.66. The molecule has 140 valence electrons. The van der Waals surface area contributed by atoms with E-state index < -0.39 is 5.41 Å². The molecule has 9 nitrogen and oxygen atoms in total. The Morgan fingerprint density at radius 2 is 1.96 bits per heavy atom. The fourth-order valence-corrected chi connectivity index (χ4v) is 3.49. The van der Waals surface area contributed by atoms with Gasteiger partial charge in [0.15, 0.2) is 0 Å². The molecule has 0 bridgehead atoms. The van der Waals surface area contributed by atoms with Crippen LogP contribution in [-0.2, 0) is 4.79 Å². The zero-order valence-corrected chi connectivity index (χ0v) is 15.1. The van der Waals surface area contributed by atoms with E-state index in [0.29, 0.717) is 39.1 Å². The van der Waals surface area contributed by atoms with Crippen molar-refractivity contribution in [1.82, 2.24) is 30.4 Å². The van der Waals surface area contributed by atoms with E-state index in [2.05, 4.69) is 20.6 Å². The summed E-state index contributed by atoms with van der Waals surface area (Å²) in [5.41, 5.74) is -0.222. The van der Waals surface area contributed by atoms with Gasteiger partial charge in [-0.15, -0.1) is 0 Å². The van der Waals surface area contributed by atoms with Crippen LogP contribution < -0.4 is 10.6 Å². The van der Waals surface area contributed by atoms with Gasteiger partial charge in [-0.1, -0.05) is 0 Å². The highest BCUT2D eigenvalue weighted by Crippen LogP contribution is 2.31. The van der Waals surface area contributed by atoms with Crippen LogP contribution >= 0.6 is 0 Å². The summed E-state index contributed by atoms with van der Waals surface area (Å²) in [6.45, 7) is 5.85. The Kier molecular flexibility index (Phi) is 5.06. The molecule has 2 aliphatic rings. The number of nitrogens with one attached hydrogen (secondary N) is 2. The first-order valence-electron chi connectivity index (χ1n) is 8.76. The summed E-state index contributed by atoms with van der Waals surface area (Å²) in [5, 5.41) is 5.73. The predicted molar refractivity (Wildman–Crippen MR) is 93.2 cm³/mol. The van der Waals surface area contributed by atoms with Crippen molar-refractivity contribution < 1.29 is 14.4 Å². The van der Waals surface area contributed by atoms with Crippen molar-refractivity contribution in [1.29, 1.82) is 0 Å². The maximum absolute atomic E-state index is 12.8. The molecule has 26 heavy (non-hydrogen) atoms. The number of carbonyl (C=O) groups is 3. The molecule has 2 saturated heterocycles. The SMILES string of the molecule is CC(C)NC(=O)N1CCN(C(=O)c2cnccn2)C[C@@]2(CNC(=O)C2)C1. The highest BCUT2D eigenvalue weighted by Gasteiger charge is 2.45. The molecule has 4 amide bonds. The molecule has 1 atom stereocenters. The Morgan fingerprint density at radius 3 is 2.58 bits per heavy atom. The Labute approximate surface area is 152 Å². The van der Waals surface area contributed by atoms with Crippen molar-refractivity contribution in [3.63, 3.8) is 0 Å². The fourth-order valence-electron chi connectivity index (χ4n) is 3.49. The second-order valence-corrected chi connectivity index (χ2v) is 7.30. The van der Waals surface area contributed by atoms with Crippen molar-refractivity contribution in [3.05, 3.63) is 24.3 Å². The number of hydrogen-bond donors (Lipinski definition) is 2. The minimum Gasteiger partial charge on any atom is -0.355 e. The van der Waals surface area contributed by atoms with Gasteiger partial charge in [-0.3, -0.25) is 14.6 Å². The van der Waals surface area contributed by atoms with Gasteiger partial charge in [0.25, 0.3) is 5.91 Å². The lowest BCUT2D eigenvalue weighted by atomic mass is 9.86. The standard InChI is InChI=1S/C17H24N6O3/c1-12(2)21-16(26)23-6-5-22(15(25)13-8-18-3-4-19-13)10-17(11-23)7-14(24)20-9-17/h3-4,8,12H,5-7,9-11H2,1-2H3,(H,20,24)(H,21,26)/t17-/m1/s1. The van der Waals surface area contributed by atoms with Gasteiger partial charge in [-0.25, -0.2) is 9.78 Å². The molecule has 1 aromatic heterocycles. The highest BCUT2D eigenvalue weighted by atomic mass is 16.2. The summed E-state index contributed by atoms with van der Waals surface area (Å²) < 4.78 is 0. The zero-order chi connectivity index (χ0) is 18.7. The first-order valence-corrected chi connectivity index (χ1v) is 8.76. The lowest BCUT2D eigenvalue weighted by Crippen LogP contribution is -2.48. The van der Waals surface area contributed by atoms with Gasteiger partial charge in [0, 0.05) is 63.0 Å². The highest BCUT2D eigenvalue weighted by molar-refractivity contribution is 5.92. The van der Waals surface area contributed by atoms with Crippen LogP contribution in [0, 0.1) is 5.41 Å². The number of carbonyl (C=O) groups excluding carboxylic acids is 3. The topological polar surface area (TPSA) is 108 Å². The smallest absolute Gasteiger partial charge is 0.317 e. The molecule has 3 rings (SSSR count). The molecule has 0 aromatic carbocycles. The summed E-state index contributed by atoms with van der Waals surface area (Å²) >= 11 is 0. The molecule has 1 aromatic rings. The number of aromatic nitrogens is 2. The van der Waals surface area contributed by atoms with Crippen LogP contribution in [0.4, 0.5) is 4.79 Å². The van der Waals surface area contributed by atoms with Gasteiger partial charge in [0.2, 0.25) is 5.91 Å². The fraction of sp³-hybridized carbons (Fsp3) is 0.588. The average molecular weight is 360 g/mol. The van der Waals surface area contributed by atoms with Crippen molar-refractivity contribution in [2.75, 3.05) is 32.7 Å². The predicted octanol–water partition coefficient (Wildman–Crippen LogP) is -0.141. The van der Waals surface area contributed by atoms with E-state index in [1.165, 1.54) is 18.6 Å². The van der Waals surface area contributed by atoms with Crippen LogP contribution in [0.5, 0.6) is 0 Å². The first kappa shape index (κ1) is 18.1. The van der Waals surface area contributed by atoms with Crippen LogP contribution in [0.1, 0.15) is 30.8 Å². The maximum Gasteiger partial charge on any atom is 0.317 e. The van der Waals surface area contributed by atoms with E-state index in [-0.39, 0.29) is 29.6 Å². The van der Waals surface area contributed by atoms with E-state index >= 15 is 0 Å². The molecule has 9 heteroatoms. The monoisotopic (exact) mass is 360 g/mol. The summed E-state index contributed by atoms with van der Waals surface area (Å²) in [4.78, 5) is 48.6. The Bertz CT molecular complexity index is 695. The van der Waals surface area contributed by atoms with Crippen molar-refractivity contribution in [3.8, 4) is 0 Å². The molecule has 2 fully saturated rings. The number of rotatable bonds is 2. The quantitative estimate of drug-likeness (QED) is 0.763. The largest absolute Gasteiger partial charge is 0.355 e. The van der Waals surface area contributed by atoms with E-state index in [1.54, 1.807) is 9.80 Å². The minimum atomic E-state index is -0.486. The maximum atomic E-state index is 12.8. The third kappa shape index (κ3) is 3.92. The molecule has 0 aliphatic carbocycles. The van der Waals surface area contributed by atoms with Gasteiger partial charge in [-0.2, -0.15) is 0 Å². The summed E-state index contributed by atoms with van der Waals surface area (Å²) in [6.07, 6.45) is 4.71. The molecular formula is C17H24N6O3. The molecule has 2 N–H and O–H groups in total. The van der Waals surface area contributed by atoms with Gasteiger partial charge < -0.3 is 20.4 Å². The van der Waals surface area contributed by atoms with Crippen LogP contribution in [0.3, 0.4) is 0 Å². The van der Waals surface area contributed by atoms with E-state index in [0.717, 1.165) is 0 Å².